The summed E-state index contributed by atoms with van der Waals surface area (Å²) in [6.45, 7) is 7.21. The van der Waals surface area contributed by atoms with E-state index in [9.17, 15) is 4.79 Å². The molecule has 0 radical (unpaired) electrons. The minimum absolute atomic E-state index is 0.0599. The summed E-state index contributed by atoms with van der Waals surface area (Å²) in [5.74, 6) is -0.0599. The molecule has 0 unspecified atom stereocenters. The fraction of sp³-hybridized carbons (Fsp3) is 0.464. The highest BCUT2D eigenvalue weighted by Gasteiger charge is 2.26. The van der Waals surface area contributed by atoms with E-state index < -0.39 is 0 Å². The summed E-state index contributed by atoms with van der Waals surface area (Å²) in [4.78, 5) is 25.1. The van der Waals surface area contributed by atoms with Crippen molar-refractivity contribution in [2.45, 2.75) is 31.5 Å². The molecule has 3 aliphatic rings. The van der Waals surface area contributed by atoms with Crippen molar-refractivity contribution in [2.24, 2.45) is 5.73 Å². The van der Waals surface area contributed by atoms with Crippen molar-refractivity contribution in [3.63, 3.8) is 0 Å². The number of piperidine rings is 1. The summed E-state index contributed by atoms with van der Waals surface area (Å²) in [5, 5.41) is 7.66. The average Bonchev–Trinajstić information content (AvgIpc) is 3.47. The number of nitrogens with zero attached hydrogens (tertiary/aromatic N) is 6. The Morgan fingerprint density at radius 2 is 1.81 bits per heavy atom. The van der Waals surface area contributed by atoms with Crippen LogP contribution in [0.5, 0.6) is 0 Å². The number of nitrogens with one attached hydrogen (secondary N) is 1. The molecule has 0 bridgehead atoms. The number of amides is 1. The third-order valence-corrected chi connectivity index (χ3v) is 8.06. The van der Waals surface area contributed by atoms with Gasteiger partial charge in [-0.3, -0.25) is 14.7 Å². The van der Waals surface area contributed by atoms with Crippen molar-refractivity contribution < 1.29 is 4.79 Å². The molecule has 194 valence electrons. The number of likely N-dealkylation sites (tertiary alicyclic amines) is 1. The van der Waals surface area contributed by atoms with Gasteiger partial charge in [-0.2, -0.15) is 5.10 Å². The molecule has 3 aromatic rings. The second-order valence-corrected chi connectivity index (χ2v) is 10.8. The van der Waals surface area contributed by atoms with E-state index in [1.165, 1.54) is 5.56 Å². The SMILES string of the molecule is CN1CCC(NC(=O)c2cnn3ccc(C4=C[C@H](N)c5ncc(CN6CCN(C)CC6)cc54)cc23)CC1. The van der Waals surface area contributed by atoms with Gasteiger partial charge >= 0.3 is 0 Å². The van der Waals surface area contributed by atoms with Crippen LogP contribution in [0.1, 0.15) is 51.6 Å². The number of likely N-dealkylation sites (N-methyl/N-ethyl adjacent to an activating group) is 1. The van der Waals surface area contributed by atoms with Crippen molar-refractivity contribution in [3.05, 3.63) is 70.8 Å². The maximum Gasteiger partial charge on any atom is 0.255 e. The van der Waals surface area contributed by atoms with Gasteiger partial charge in [0.25, 0.3) is 5.91 Å². The first kappa shape index (κ1) is 24.2. The molecule has 1 aliphatic carbocycles. The Balaban J connectivity index is 1.25. The van der Waals surface area contributed by atoms with E-state index in [2.05, 4.69) is 57.4 Å². The number of nitrogens with two attached hydrogens (primary N) is 1. The van der Waals surface area contributed by atoms with Crippen molar-refractivity contribution >= 4 is 17.0 Å². The molecule has 1 amide bonds. The van der Waals surface area contributed by atoms with Gasteiger partial charge in [-0.15, -0.1) is 0 Å². The summed E-state index contributed by atoms with van der Waals surface area (Å²) < 4.78 is 1.77. The van der Waals surface area contributed by atoms with Crippen LogP contribution in [-0.4, -0.2) is 94.6 Å². The molecule has 1 atom stereocenters. The number of carbonyl (C=O) groups is 1. The monoisotopic (exact) mass is 500 g/mol. The van der Waals surface area contributed by atoms with Crippen molar-refractivity contribution in [3.8, 4) is 0 Å². The van der Waals surface area contributed by atoms with Gasteiger partial charge < -0.3 is 20.9 Å². The Labute approximate surface area is 217 Å². The lowest BCUT2D eigenvalue weighted by Gasteiger charge is -2.32. The lowest BCUT2D eigenvalue weighted by molar-refractivity contribution is 0.0918. The molecule has 2 fully saturated rings. The van der Waals surface area contributed by atoms with Gasteiger partial charge in [0.15, 0.2) is 0 Å². The van der Waals surface area contributed by atoms with E-state index >= 15 is 0 Å². The highest BCUT2D eigenvalue weighted by molar-refractivity contribution is 6.01. The third-order valence-electron chi connectivity index (χ3n) is 8.06. The molecular weight excluding hydrogens is 464 g/mol. The Hall–Kier alpha value is -3.11. The first-order chi connectivity index (χ1) is 17.9. The van der Waals surface area contributed by atoms with Crippen molar-refractivity contribution in [1.29, 1.82) is 0 Å². The van der Waals surface area contributed by atoms with Gasteiger partial charge in [-0.25, -0.2) is 4.52 Å². The molecule has 0 saturated carbocycles. The van der Waals surface area contributed by atoms with Crippen molar-refractivity contribution in [1.82, 2.24) is 34.6 Å². The molecule has 3 aromatic heterocycles. The number of piperazine rings is 1. The lowest BCUT2D eigenvalue weighted by atomic mass is 9.99. The van der Waals surface area contributed by atoms with Crippen LogP contribution < -0.4 is 11.1 Å². The summed E-state index contributed by atoms with van der Waals surface area (Å²) in [5.41, 5.74) is 13.2. The summed E-state index contributed by atoms with van der Waals surface area (Å²) >= 11 is 0. The fourth-order valence-electron chi connectivity index (χ4n) is 5.69. The standard InChI is InChI=1S/C28H36N8O/c1-33-6-4-21(5-7-33)32-28(37)24-17-31-36-8-3-20(14-26(24)36)22-15-25(29)27-23(22)13-19(16-30-27)18-35-11-9-34(2)10-12-35/h3,8,13-17,21,25H,4-7,9-12,18,29H2,1-2H3,(H,32,37)/t25-/m0/s1. The number of hydrogen-bond acceptors (Lipinski definition) is 7. The molecule has 2 aliphatic heterocycles. The molecule has 2 saturated heterocycles. The Bertz CT molecular complexity index is 1330. The number of hydrogen-bond donors (Lipinski definition) is 2. The lowest BCUT2D eigenvalue weighted by Crippen LogP contribution is -2.43. The van der Waals surface area contributed by atoms with E-state index in [1.54, 1.807) is 10.7 Å². The van der Waals surface area contributed by atoms with Crippen LogP contribution in [0.3, 0.4) is 0 Å². The number of rotatable bonds is 5. The van der Waals surface area contributed by atoms with Crippen LogP contribution in [0, 0.1) is 0 Å². The van der Waals surface area contributed by atoms with E-state index in [-0.39, 0.29) is 18.0 Å². The average molecular weight is 501 g/mol. The minimum atomic E-state index is -0.240. The Morgan fingerprint density at radius 3 is 2.59 bits per heavy atom. The number of pyridine rings is 2. The molecule has 6 rings (SSSR count). The zero-order chi connectivity index (χ0) is 25.5. The van der Waals surface area contributed by atoms with Crippen LogP contribution in [0.4, 0.5) is 0 Å². The maximum absolute atomic E-state index is 13.2. The zero-order valence-corrected chi connectivity index (χ0v) is 21.7. The van der Waals surface area contributed by atoms with Crippen LogP contribution in [0.15, 0.2) is 42.9 Å². The van der Waals surface area contributed by atoms with Crippen LogP contribution in [0.25, 0.3) is 11.1 Å². The fourth-order valence-corrected chi connectivity index (χ4v) is 5.69. The van der Waals surface area contributed by atoms with Gasteiger partial charge in [-0.05, 0) is 74.9 Å². The number of carbonyl (C=O) groups excluding carboxylic acids is 1. The summed E-state index contributed by atoms with van der Waals surface area (Å²) in [6, 6.07) is 6.30. The molecule has 0 spiro atoms. The maximum atomic E-state index is 13.2. The predicted octanol–water partition coefficient (Wildman–Crippen LogP) is 1.75. The van der Waals surface area contributed by atoms with E-state index in [0.29, 0.717) is 5.56 Å². The second kappa shape index (κ2) is 9.98. The first-order valence-corrected chi connectivity index (χ1v) is 13.3. The minimum Gasteiger partial charge on any atom is -0.349 e. The molecular formula is C28H36N8O. The smallest absolute Gasteiger partial charge is 0.255 e. The molecule has 3 N–H and O–H groups in total. The molecule has 37 heavy (non-hydrogen) atoms. The topological polar surface area (TPSA) is 95.0 Å². The van der Waals surface area contributed by atoms with E-state index in [1.807, 2.05) is 18.5 Å². The van der Waals surface area contributed by atoms with E-state index in [0.717, 1.165) is 86.6 Å². The molecule has 9 heteroatoms. The number of fused-ring (bicyclic) bond motifs is 2. The van der Waals surface area contributed by atoms with Gasteiger partial charge in [0.05, 0.1) is 29.0 Å². The van der Waals surface area contributed by atoms with Crippen molar-refractivity contribution in [2.75, 3.05) is 53.4 Å². The normalized spacial score (nSPS) is 21.8. The largest absolute Gasteiger partial charge is 0.349 e. The van der Waals surface area contributed by atoms with Gasteiger partial charge in [0.1, 0.15) is 0 Å². The van der Waals surface area contributed by atoms with Crippen LogP contribution in [-0.2, 0) is 6.54 Å². The first-order valence-electron chi connectivity index (χ1n) is 13.3. The predicted molar refractivity (Wildman–Crippen MR) is 144 cm³/mol. The Morgan fingerprint density at radius 1 is 1.05 bits per heavy atom. The van der Waals surface area contributed by atoms with Gasteiger partial charge in [0, 0.05) is 56.7 Å². The van der Waals surface area contributed by atoms with Gasteiger partial charge in [-0.1, -0.05) is 6.08 Å². The molecule has 5 heterocycles. The number of aromatic nitrogens is 3. The molecule has 0 aromatic carbocycles. The summed E-state index contributed by atoms with van der Waals surface area (Å²) in [6.07, 6.45) is 9.58. The highest BCUT2D eigenvalue weighted by Crippen LogP contribution is 2.37. The quantitative estimate of drug-likeness (QED) is 0.551. The zero-order valence-electron chi connectivity index (χ0n) is 21.7. The van der Waals surface area contributed by atoms with Crippen LogP contribution >= 0.6 is 0 Å². The summed E-state index contributed by atoms with van der Waals surface area (Å²) in [7, 11) is 4.30. The van der Waals surface area contributed by atoms with Gasteiger partial charge in [0.2, 0.25) is 0 Å². The third kappa shape index (κ3) is 4.92. The highest BCUT2D eigenvalue weighted by atomic mass is 16.1. The van der Waals surface area contributed by atoms with Crippen LogP contribution in [0.2, 0.25) is 0 Å². The van der Waals surface area contributed by atoms with E-state index in [4.69, 9.17) is 10.7 Å². The Kier molecular flexibility index (Phi) is 6.54. The second-order valence-electron chi connectivity index (χ2n) is 10.8. The molecule has 9 nitrogen and oxygen atoms in total.